The van der Waals surface area contributed by atoms with Crippen molar-refractivity contribution in [3.05, 3.63) is 69.6 Å². The van der Waals surface area contributed by atoms with Crippen LogP contribution >= 0.6 is 35.6 Å². The van der Waals surface area contributed by atoms with Crippen molar-refractivity contribution in [2.24, 2.45) is 0 Å². The number of carboxylic acid groups (broad SMARTS) is 1. The number of nitrogens with zero attached hydrogens (tertiary/aromatic N) is 1. The van der Waals surface area contributed by atoms with Gasteiger partial charge in [-0.15, -0.1) is 0 Å². The smallest absolute Gasteiger partial charge is 0.305 e. The van der Waals surface area contributed by atoms with Crippen LogP contribution in [0.2, 0.25) is 5.02 Å². The van der Waals surface area contributed by atoms with Crippen molar-refractivity contribution in [1.29, 1.82) is 0 Å². The van der Waals surface area contributed by atoms with Crippen LogP contribution in [0.25, 0.3) is 6.08 Å². The lowest BCUT2D eigenvalue weighted by Gasteiger charge is -2.12. The van der Waals surface area contributed by atoms with Crippen LogP contribution < -0.4 is 4.74 Å². The van der Waals surface area contributed by atoms with Gasteiger partial charge in [0.15, 0.2) is 0 Å². The summed E-state index contributed by atoms with van der Waals surface area (Å²) < 4.78 is 6.12. The zero-order valence-corrected chi connectivity index (χ0v) is 17.0. The van der Waals surface area contributed by atoms with Crippen molar-refractivity contribution >= 4 is 57.9 Å². The van der Waals surface area contributed by atoms with Crippen molar-refractivity contribution in [2.45, 2.75) is 13.0 Å². The Morgan fingerprint density at radius 3 is 2.50 bits per heavy atom. The second kappa shape index (κ2) is 9.23. The minimum atomic E-state index is -0.966. The molecule has 3 rings (SSSR count). The van der Waals surface area contributed by atoms with E-state index < -0.39 is 5.97 Å². The highest BCUT2D eigenvalue weighted by Gasteiger charge is 2.31. The lowest BCUT2D eigenvalue weighted by molar-refractivity contribution is -0.137. The number of thioether (sulfide) groups is 1. The lowest BCUT2D eigenvalue weighted by atomic mass is 10.2. The maximum atomic E-state index is 12.4. The zero-order chi connectivity index (χ0) is 20.1. The highest BCUT2D eigenvalue weighted by molar-refractivity contribution is 8.26. The summed E-state index contributed by atoms with van der Waals surface area (Å²) in [7, 11) is 0. The summed E-state index contributed by atoms with van der Waals surface area (Å²) in [6, 6.07) is 14.8. The lowest BCUT2D eigenvalue weighted by Crippen LogP contribution is -2.30. The second-order valence-electron chi connectivity index (χ2n) is 5.96. The molecule has 0 unspecified atom stereocenters. The van der Waals surface area contributed by atoms with Crippen molar-refractivity contribution < 1.29 is 19.4 Å². The topological polar surface area (TPSA) is 66.8 Å². The molecule has 0 saturated carbocycles. The van der Waals surface area contributed by atoms with Crippen LogP contribution in [0.3, 0.4) is 0 Å². The van der Waals surface area contributed by atoms with Gasteiger partial charge in [-0.25, -0.2) is 0 Å². The van der Waals surface area contributed by atoms with Crippen molar-refractivity contribution in [2.75, 3.05) is 6.54 Å². The minimum Gasteiger partial charge on any atom is -0.489 e. The molecule has 1 N–H and O–H groups in total. The van der Waals surface area contributed by atoms with Crippen molar-refractivity contribution in [3.63, 3.8) is 0 Å². The maximum absolute atomic E-state index is 12.4. The van der Waals surface area contributed by atoms with Gasteiger partial charge in [0.2, 0.25) is 0 Å². The predicted octanol–water partition coefficient (Wildman–Crippen LogP) is 4.59. The molecule has 0 aromatic heterocycles. The van der Waals surface area contributed by atoms with Crippen LogP contribution in [0.5, 0.6) is 5.75 Å². The Morgan fingerprint density at radius 1 is 1.18 bits per heavy atom. The Hall–Kier alpha value is -2.35. The van der Waals surface area contributed by atoms with Crippen LogP contribution in [0.15, 0.2) is 53.4 Å². The Bertz CT molecular complexity index is 926. The molecular weight excluding hydrogens is 418 g/mol. The first-order valence-electron chi connectivity index (χ1n) is 8.37. The van der Waals surface area contributed by atoms with E-state index in [1.807, 2.05) is 48.5 Å². The van der Waals surface area contributed by atoms with E-state index in [0.717, 1.165) is 11.1 Å². The molecule has 5 nitrogen and oxygen atoms in total. The predicted molar refractivity (Wildman–Crippen MR) is 114 cm³/mol. The number of ether oxygens (including phenoxy) is 1. The first kappa shape index (κ1) is 20.4. The number of thiocarbonyl (C=S) groups is 1. The third-order valence-corrected chi connectivity index (χ3v) is 5.55. The molecule has 1 saturated heterocycles. The Morgan fingerprint density at radius 2 is 1.86 bits per heavy atom. The number of amides is 1. The summed E-state index contributed by atoms with van der Waals surface area (Å²) in [5.41, 5.74) is 1.84. The van der Waals surface area contributed by atoms with E-state index in [-0.39, 0.29) is 18.9 Å². The molecule has 2 aromatic carbocycles. The fourth-order valence-electron chi connectivity index (χ4n) is 2.46. The van der Waals surface area contributed by atoms with E-state index in [9.17, 15) is 9.59 Å². The van der Waals surface area contributed by atoms with Crippen molar-refractivity contribution in [3.8, 4) is 5.75 Å². The quantitative estimate of drug-likeness (QED) is 0.508. The molecular formula is C20H16ClNO4S2. The number of hydrogen-bond donors (Lipinski definition) is 1. The second-order valence-corrected chi connectivity index (χ2v) is 8.07. The van der Waals surface area contributed by atoms with Gasteiger partial charge in [0.05, 0.1) is 11.3 Å². The van der Waals surface area contributed by atoms with Gasteiger partial charge in [-0.05, 0) is 41.5 Å². The fraction of sp³-hybridized carbons (Fsp3) is 0.150. The standard InChI is InChI=1S/C20H16ClNO4S2/c21-15-5-1-14(2-6-15)12-26-16-7-3-13(4-8-16)11-17-19(25)22(20(27)28-17)10-9-18(23)24/h1-8,11H,9-10,12H2,(H,23,24)/b17-11-. The average molecular weight is 434 g/mol. The number of benzene rings is 2. The van der Waals surface area contributed by atoms with Crippen LogP contribution in [0.4, 0.5) is 0 Å². The first-order chi connectivity index (χ1) is 13.4. The van der Waals surface area contributed by atoms with E-state index in [0.29, 0.717) is 26.6 Å². The SMILES string of the molecule is O=C(O)CCN1C(=O)/C(=C/c2ccc(OCc3ccc(Cl)cc3)cc2)SC1=S. The molecule has 1 aliphatic heterocycles. The van der Waals surface area contributed by atoms with Gasteiger partial charge >= 0.3 is 5.97 Å². The van der Waals surface area contributed by atoms with Gasteiger partial charge in [-0.2, -0.15) is 0 Å². The van der Waals surface area contributed by atoms with Crippen LogP contribution in [-0.4, -0.2) is 32.7 Å². The third kappa shape index (κ3) is 5.34. The van der Waals surface area contributed by atoms with Crippen LogP contribution in [-0.2, 0) is 16.2 Å². The number of halogens is 1. The monoisotopic (exact) mass is 433 g/mol. The van der Waals surface area contributed by atoms with Crippen LogP contribution in [0, 0.1) is 0 Å². The third-order valence-electron chi connectivity index (χ3n) is 3.92. The normalized spacial score (nSPS) is 15.3. The largest absolute Gasteiger partial charge is 0.489 e. The van der Waals surface area contributed by atoms with E-state index >= 15 is 0 Å². The summed E-state index contributed by atoms with van der Waals surface area (Å²) in [5, 5.41) is 9.46. The number of hydrogen-bond acceptors (Lipinski definition) is 5. The van der Waals surface area contributed by atoms with Gasteiger partial charge in [0.25, 0.3) is 5.91 Å². The number of carbonyl (C=O) groups is 2. The molecule has 0 atom stereocenters. The number of carboxylic acids is 1. The van der Waals surface area contributed by atoms with Crippen LogP contribution in [0.1, 0.15) is 17.5 Å². The molecule has 0 radical (unpaired) electrons. The number of aliphatic carboxylic acids is 1. The molecule has 1 amide bonds. The summed E-state index contributed by atoms with van der Waals surface area (Å²) in [5.74, 6) is -0.521. The zero-order valence-electron chi connectivity index (χ0n) is 14.6. The van der Waals surface area contributed by atoms with E-state index in [4.69, 9.17) is 33.7 Å². The number of carbonyl (C=O) groups excluding carboxylic acids is 1. The maximum Gasteiger partial charge on any atom is 0.305 e. The molecule has 2 aromatic rings. The molecule has 28 heavy (non-hydrogen) atoms. The molecule has 1 heterocycles. The van der Waals surface area contributed by atoms with E-state index in [1.54, 1.807) is 6.08 Å². The molecule has 1 fully saturated rings. The summed E-state index contributed by atoms with van der Waals surface area (Å²) in [6.45, 7) is 0.508. The first-order valence-corrected chi connectivity index (χ1v) is 9.97. The van der Waals surface area contributed by atoms with Crippen molar-refractivity contribution in [1.82, 2.24) is 4.90 Å². The Kier molecular flexibility index (Phi) is 6.72. The number of rotatable bonds is 7. The highest BCUT2D eigenvalue weighted by Crippen LogP contribution is 2.32. The fourth-order valence-corrected chi connectivity index (χ4v) is 3.89. The molecule has 8 heteroatoms. The van der Waals surface area contributed by atoms with Gasteiger partial charge in [-0.1, -0.05) is 59.8 Å². The molecule has 0 bridgehead atoms. The highest BCUT2D eigenvalue weighted by atomic mass is 35.5. The van der Waals surface area contributed by atoms with Gasteiger partial charge in [0, 0.05) is 11.6 Å². The average Bonchev–Trinajstić information content (AvgIpc) is 2.93. The molecule has 0 spiro atoms. The van der Waals surface area contributed by atoms with E-state index in [2.05, 4.69) is 0 Å². The van der Waals surface area contributed by atoms with E-state index in [1.165, 1.54) is 16.7 Å². The molecule has 0 aliphatic carbocycles. The summed E-state index contributed by atoms with van der Waals surface area (Å²) in [6.07, 6.45) is 1.60. The minimum absolute atomic E-state index is 0.0782. The summed E-state index contributed by atoms with van der Waals surface area (Å²) >= 11 is 12.2. The Labute approximate surface area is 176 Å². The van der Waals surface area contributed by atoms with Gasteiger partial charge < -0.3 is 9.84 Å². The van der Waals surface area contributed by atoms with Gasteiger partial charge in [-0.3, -0.25) is 14.5 Å². The molecule has 144 valence electrons. The van der Waals surface area contributed by atoms with Gasteiger partial charge in [0.1, 0.15) is 16.7 Å². The summed E-state index contributed by atoms with van der Waals surface area (Å²) in [4.78, 5) is 24.9. The Balaban J connectivity index is 1.61. The molecule has 1 aliphatic rings.